The molecule has 0 fully saturated rings. The van der Waals surface area contributed by atoms with Crippen molar-refractivity contribution < 1.29 is 4.79 Å². The van der Waals surface area contributed by atoms with Crippen molar-refractivity contribution in [3.05, 3.63) is 29.8 Å². The molecule has 0 atom stereocenters. The third-order valence-electron chi connectivity index (χ3n) is 1.69. The van der Waals surface area contributed by atoms with E-state index < -0.39 is 0 Å². The van der Waals surface area contributed by atoms with E-state index in [9.17, 15) is 4.79 Å². The van der Waals surface area contributed by atoms with E-state index in [0.717, 1.165) is 11.3 Å². The van der Waals surface area contributed by atoms with Crippen LogP contribution < -0.4 is 11.2 Å². The summed E-state index contributed by atoms with van der Waals surface area (Å²) in [6.45, 7) is 3.22. The zero-order chi connectivity index (χ0) is 10.6. The first-order valence-corrected chi connectivity index (χ1v) is 4.26. The Bertz CT molecular complexity index is 371. The zero-order valence-corrected chi connectivity index (χ0v) is 8.24. The molecule has 3 N–H and O–H groups in total. The van der Waals surface area contributed by atoms with E-state index in [-0.39, 0.29) is 5.91 Å². The molecule has 0 aliphatic heterocycles. The van der Waals surface area contributed by atoms with Gasteiger partial charge in [-0.1, -0.05) is 12.1 Å². The van der Waals surface area contributed by atoms with Crippen molar-refractivity contribution >= 4 is 17.3 Å². The fourth-order valence-corrected chi connectivity index (χ4v) is 0.991. The first-order chi connectivity index (χ1) is 6.59. The fraction of sp³-hybridized carbons (Fsp3) is 0.200. The Hall–Kier alpha value is -1.84. The van der Waals surface area contributed by atoms with Crippen LogP contribution >= 0.6 is 0 Å². The van der Waals surface area contributed by atoms with Gasteiger partial charge in [-0.15, -0.1) is 0 Å². The van der Waals surface area contributed by atoms with Gasteiger partial charge in [0, 0.05) is 12.6 Å². The second-order valence-electron chi connectivity index (χ2n) is 2.99. The van der Waals surface area contributed by atoms with Crippen molar-refractivity contribution in [2.75, 3.05) is 5.73 Å². The Balaban J connectivity index is 2.83. The Kier molecular flexibility index (Phi) is 3.23. The third kappa shape index (κ3) is 2.90. The number of hydrogen-bond donors (Lipinski definition) is 2. The SMILES string of the molecule is CC(=O)N/N=C(/C)c1cccc(N)c1. The van der Waals surface area contributed by atoms with Crippen LogP contribution in [0, 0.1) is 0 Å². The summed E-state index contributed by atoms with van der Waals surface area (Å²) in [6, 6.07) is 7.34. The third-order valence-corrected chi connectivity index (χ3v) is 1.69. The van der Waals surface area contributed by atoms with Gasteiger partial charge in [-0.05, 0) is 24.6 Å². The van der Waals surface area contributed by atoms with Gasteiger partial charge in [-0.3, -0.25) is 4.79 Å². The van der Waals surface area contributed by atoms with E-state index >= 15 is 0 Å². The molecule has 4 nitrogen and oxygen atoms in total. The number of nitrogens with one attached hydrogen (secondary N) is 1. The maximum atomic E-state index is 10.6. The number of hydrogen-bond acceptors (Lipinski definition) is 3. The average molecular weight is 191 g/mol. The number of benzene rings is 1. The summed E-state index contributed by atoms with van der Waals surface area (Å²) in [4.78, 5) is 10.6. The average Bonchev–Trinajstić information content (AvgIpc) is 2.14. The molecule has 0 saturated carbocycles. The number of nitrogen functional groups attached to an aromatic ring is 1. The van der Waals surface area contributed by atoms with Crippen LogP contribution in [0.5, 0.6) is 0 Å². The minimum absolute atomic E-state index is 0.187. The minimum Gasteiger partial charge on any atom is -0.399 e. The first kappa shape index (κ1) is 10.2. The molecule has 0 radical (unpaired) electrons. The number of anilines is 1. The highest BCUT2D eigenvalue weighted by atomic mass is 16.2. The fourth-order valence-electron chi connectivity index (χ4n) is 0.991. The van der Waals surface area contributed by atoms with Gasteiger partial charge >= 0.3 is 0 Å². The minimum atomic E-state index is -0.187. The lowest BCUT2D eigenvalue weighted by Crippen LogP contribution is -2.15. The van der Waals surface area contributed by atoms with Gasteiger partial charge < -0.3 is 5.73 Å². The van der Waals surface area contributed by atoms with Gasteiger partial charge in [0.15, 0.2) is 0 Å². The Labute approximate surface area is 82.8 Å². The highest BCUT2D eigenvalue weighted by Crippen LogP contribution is 2.07. The monoisotopic (exact) mass is 191 g/mol. The van der Waals surface area contributed by atoms with E-state index in [4.69, 9.17) is 5.73 Å². The molecule has 0 bridgehead atoms. The van der Waals surface area contributed by atoms with Crippen molar-refractivity contribution in [2.24, 2.45) is 5.10 Å². The number of rotatable bonds is 2. The predicted octanol–water partition coefficient (Wildman–Crippen LogP) is 1.13. The zero-order valence-electron chi connectivity index (χ0n) is 8.24. The van der Waals surface area contributed by atoms with Crippen LogP contribution in [0.15, 0.2) is 29.4 Å². The summed E-state index contributed by atoms with van der Waals surface area (Å²) >= 11 is 0. The van der Waals surface area contributed by atoms with Gasteiger partial charge in [0.1, 0.15) is 0 Å². The number of carbonyl (C=O) groups excluding carboxylic acids is 1. The summed E-state index contributed by atoms with van der Waals surface area (Å²) in [5.74, 6) is -0.187. The molecule has 74 valence electrons. The molecule has 14 heavy (non-hydrogen) atoms. The molecule has 0 saturated heterocycles. The maximum absolute atomic E-state index is 10.6. The molecule has 1 rings (SSSR count). The van der Waals surface area contributed by atoms with Gasteiger partial charge in [0.2, 0.25) is 5.91 Å². The number of nitrogens with two attached hydrogens (primary N) is 1. The Morgan fingerprint density at radius 2 is 2.14 bits per heavy atom. The van der Waals surface area contributed by atoms with Crippen molar-refractivity contribution in [1.82, 2.24) is 5.43 Å². The Morgan fingerprint density at radius 1 is 1.43 bits per heavy atom. The predicted molar refractivity (Wildman–Crippen MR) is 56.9 cm³/mol. The number of nitrogens with zero attached hydrogens (tertiary/aromatic N) is 1. The molecule has 4 heteroatoms. The molecular formula is C10H13N3O. The van der Waals surface area contributed by atoms with E-state index in [1.54, 1.807) is 12.1 Å². The van der Waals surface area contributed by atoms with Crippen LogP contribution in [-0.4, -0.2) is 11.6 Å². The highest BCUT2D eigenvalue weighted by molar-refractivity contribution is 5.99. The molecule has 1 amide bonds. The standard InChI is InChI=1S/C10H13N3O/c1-7(12-13-8(2)14)9-4-3-5-10(11)6-9/h3-6H,11H2,1-2H3,(H,13,14)/b12-7-. The van der Waals surface area contributed by atoms with Crippen LogP contribution in [0.4, 0.5) is 5.69 Å². The molecule has 0 unspecified atom stereocenters. The van der Waals surface area contributed by atoms with Crippen LogP contribution in [0.3, 0.4) is 0 Å². The molecular weight excluding hydrogens is 178 g/mol. The molecule has 0 aliphatic carbocycles. The first-order valence-electron chi connectivity index (χ1n) is 4.26. The molecule has 0 aromatic heterocycles. The molecule has 0 spiro atoms. The van der Waals surface area contributed by atoms with Crippen LogP contribution in [0.25, 0.3) is 0 Å². The topological polar surface area (TPSA) is 67.5 Å². The van der Waals surface area contributed by atoms with Crippen molar-refractivity contribution in [3.8, 4) is 0 Å². The second kappa shape index (κ2) is 4.41. The molecule has 0 aliphatic rings. The summed E-state index contributed by atoms with van der Waals surface area (Å²) in [6.07, 6.45) is 0. The van der Waals surface area contributed by atoms with Crippen molar-refractivity contribution in [1.29, 1.82) is 0 Å². The van der Waals surface area contributed by atoms with E-state index in [1.165, 1.54) is 6.92 Å². The number of carbonyl (C=O) groups is 1. The summed E-state index contributed by atoms with van der Waals surface area (Å²) in [5.41, 5.74) is 10.3. The largest absolute Gasteiger partial charge is 0.399 e. The quantitative estimate of drug-likeness (QED) is 0.418. The van der Waals surface area contributed by atoms with Crippen molar-refractivity contribution in [3.63, 3.8) is 0 Å². The number of hydrazone groups is 1. The molecule has 0 heterocycles. The van der Waals surface area contributed by atoms with Gasteiger partial charge in [-0.25, -0.2) is 5.43 Å². The van der Waals surface area contributed by atoms with E-state index in [0.29, 0.717) is 5.69 Å². The van der Waals surface area contributed by atoms with E-state index in [1.807, 2.05) is 19.1 Å². The second-order valence-corrected chi connectivity index (χ2v) is 2.99. The maximum Gasteiger partial charge on any atom is 0.236 e. The van der Waals surface area contributed by atoms with E-state index in [2.05, 4.69) is 10.5 Å². The lowest BCUT2D eigenvalue weighted by atomic mass is 10.1. The lowest BCUT2D eigenvalue weighted by Gasteiger charge is -2.01. The molecule has 1 aromatic rings. The van der Waals surface area contributed by atoms with Crippen LogP contribution in [0.1, 0.15) is 19.4 Å². The molecule has 1 aromatic carbocycles. The van der Waals surface area contributed by atoms with Gasteiger partial charge in [-0.2, -0.15) is 5.10 Å². The van der Waals surface area contributed by atoms with Gasteiger partial charge in [0.05, 0.1) is 5.71 Å². The Morgan fingerprint density at radius 3 is 2.71 bits per heavy atom. The van der Waals surface area contributed by atoms with Crippen LogP contribution in [0.2, 0.25) is 0 Å². The van der Waals surface area contributed by atoms with Crippen molar-refractivity contribution in [2.45, 2.75) is 13.8 Å². The summed E-state index contributed by atoms with van der Waals surface area (Å²) in [5, 5.41) is 3.90. The van der Waals surface area contributed by atoms with Crippen LogP contribution in [-0.2, 0) is 4.79 Å². The number of amides is 1. The summed E-state index contributed by atoms with van der Waals surface area (Å²) in [7, 11) is 0. The lowest BCUT2D eigenvalue weighted by molar-refractivity contribution is -0.118. The summed E-state index contributed by atoms with van der Waals surface area (Å²) < 4.78 is 0. The smallest absolute Gasteiger partial charge is 0.236 e. The normalized spacial score (nSPS) is 11.1. The van der Waals surface area contributed by atoms with Gasteiger partial charge in [0.25, 0.3) is 0 Å². The highest BCUT2D eigenvalue weighted by Gasteiger charge is 1.97.